The molecule has 1 amide bonds. The first kappa shape index (κ1) is 15.7. The molecule has 122 valence electrons. The molecule has 8 heteroatoms. The van der Waals surface area contributed by atoms with Gasteiger partial charge in [-0.1, -0.05) is 6.07 Å². The summed E-state index contributed by atoms with van der Waals surface area (Å²) in [5.74, 6) is -0.721. The van der Waals surface area contributed by atoms with Gasteiger partial charge in [0, 0.05) is 11.4 Å². The summed E-state index contributed by atoms with van der Waals surface area (Å²) in [4.78, 5) is 12.2. The highest BCUT2D eigenvalue weighted by Gasteiger charge is 2.31. The Balaban J connectivity index is 1.79. The van der Waals surface area contributed by atoms with Crippen LogP contribution in [0.3, 0.4) is 0 Å². The van der Waals surface area contributed by atoms with E-state index in [9.17, 15) is 17.6 Å². The van der Waals surface area contributed by atoms with E-state index in [4.69, 9.17) is 0 Å². The van der Waals surface area contributed by atoms with Crippen molar-refractivity contribution in [2.45, 2.75) is 19.4 Å². The minimum atomic E-state index is -3.03. The molecule has 6 nitrogen and oxygen atoms in total. The van der Waals surface area contributed by atoms with Crippen molar-refractivity contribution in [3.8, 4) is 0 Å². The molecule has 0 aliphatic carbocycles. The fourth-order valence-corrected chi connectivity index (χ4v) is 4.39. The van der Waals surface area contributed by atoms with Crippen molar-refractivity contribution in [3.63, 3.8) is 0 Å². The van der Waals surface area contributed by atoms with Crippen LogP contribution in [-0.2, 0) is 9.84 Å². The van der Waals surface area contributed by atoms with Crippen molar-refractivity contribution >= 4 is 21.4 Å². The van der Waals surface area contributed by atoms with Crippen molar-refractivity contribution in [2.24, 2.45) is 0 Å². The number of aryl methyl sites for hydroxylation is 1. The predicted molar refractivity (Wildman–Crippen MR) is 83.6 cm³/mol. The quantitative estimate of drug-likeness (QED) is 0.928. The van der Waals surface area contributed by atoms with Crippen LogP contribution in [0.25, 0.3) is 0 Å². The van der Waals surface area contributed by atoms with Crippen LogP contribution in [0.4, 0.5) is 10.1 Å². The van der Waals surface area contributed by atoms with Gasteiger partial charge in [-0.3, -0.25) is 9.48 Å². The van der Waals surface area contributed by atoms with Gasteiger partial charge in [0.05, 0.1) is 17.5 Å². The molecule has 1 N–H and O–H groups in total. The molecule has 2 heterocycles. The maximum atomic E-state index is 13.1. The van der Waals surface area contributed by atoms with Crippen LogP contribution in [-0.4, -0.2) is 35.6 Å². The van der Waals surface area contributed by atoms with E-state index in [2.05, 4.69) is 10.4 Å². The number of hydrogen-bond donors (Lipinski definition) is 1. The summed E-state index contributed by atoms with van der Waals surface area (Å²) in [6.45, 7) is 1.77. The average Bonchev–Trinajstić information content (AvgIpc) is 3.01. The van der Waals surface area contributed by atoms with Gasteiger partial charge < -0.3 is 5.32 Å². The summed E-state index contributed by atoms with van der Waals surface area (Å²) in [5.41, 5.74) is 1.23. The van der Waals surface area contributed by atoms with Gasteiger partial charge in [-0.2, -0.15) is 5.10 Å². The van der Waals surface area contributed by atoms with Crippen LogP contribution < -0.4 is 5.32 Å². The average molecular weight is 337 g/mol. The minimum Gasteiger partial charge on any atom is -0.320 e. The van der Waals surface area contributed by atoms with Crippen molar-refractivity contribution in [3.05, 3.63) is 47.5 Å². The molecule has 2 aromatic rings. The Labute approximate surface area is 133 Å². The number of nitrogens with zero attached hydrogens (tertiary/aromatic N) is 2. The van der Waals surface area contributed by atoms with E-state index in [-0.39, 0.29) is 23.2 Å². The van der Waals surface area contributed by atoms with Gasteiger partial charge in [0.1, 0.15) is 5.82 Å². The number of anilines is 1. The maximum Gasteiger partial charge on any atom is 0.276 e. The number of carbonyl (C=O) groups excluding carboxylic acids is 1. The number of nitrogens with one attached hydrogen (secondary N) is 1. The molecule has 23 heavy (non-hydrogen) atoms. The number of benzene rings is 1. The van der Waals surface area contributed by atoms with Crippen LogP contribution >= 0.6 is 0 Å². The summed E-state index contributed by atoms with van der Waals surface area (Å²) in [7, 11) is -3.03. The zero-order valence-electron chi connectivity index (χ0n) is 12.5. The number of aromatic nitrogens is 2. The molecule has 1 saturated heterocycles. The molecule has 1 aliphatic heterocycles. The van der Waals surface area contributed by atoms with Crippen molar-refractivity contribution < 1.29 is 17.6 Å². The lowest BCUT2D eigenvalue weighted by Gasteiger charge is -2.10. The molecule has 3 rings (SSSR count). The highest BCUT2D eigenvalue weighted by molar-refractivity contribution is 7.91. The predicted octanol–water partition coefficient (Wildman–Crippen LogP) is 1.94. The number of hydrogen-bond acceptors (Lipinski definition) is 4. The zero-order valence-corrected chi connectivity index (χ0v) is 13.3. The van der Waals surface area contributed by atoms with Gasteiger partial charge in [-0.25, -0.2) is 12.8 Å². The minimum absolute atomic E-state index is 0.0421. The third-order valence-corrected chi connectivity index (χ3v) is 5.54. The topological polar surface area (TPSA) is 81.1 Å². The van der Waals surface area contributed by atoms with Crippen molar-refractivity contribution in [2.75, 3.05) is 16.8 Å². The largest absolute Gasteiger partial charge is 0.320 e. The summed E-state index contributed by atoms with van der Waals surface area (Å²) < 4.78 is 37.9. The standard InChI is InChI=1S/C15H16FN3O3S/c1-10-7-14(15(20)17-12-4-2-3-11(16)8-12)18-19(10)13-5-6-23(21,22)9-13/h2-4,7-8,13H,5-6,9H2,1H3,(H,17,20). The molecule has 1 aromatic carbocycles. The van der Waals surface area contributed by atoms with Crippen LogP contribution in [0.1, 0.15) is 28.6 Å². The third kappa shape index (κ3) is 3.42. The van der Waals surface area contributed by atoms with Crippen LogP contribution in [0.5, 0.6) is 0 Å². The van der Waals surface area contributed by atoms with Gasteiger partial charge in [0.25, 0.3) is 5.91 Å². The Hall–Kier alpha value is -2.22. The summed E-state index contributed by atoms with van der Waals surface area (Å²) in [6.07, 6.45) is 0.496. The zero-order chi connectivity index (χ0) is 16.6. The fraction of sp³-hybridized carbons (Fsp3) is 0.333. The van der Waals surface area contributed by atoms with E-state index < -0.39 is 21.6 Å². The van der Waals surface area contributed by atoms with Gasteiger partial charge >= 0.3 is 0 Å². The first-order chi connectivity index (χ1) is 10.8. The summed E-state index contributed by atoms with van der Waals surface area (Å²) >= 11 is 0. The van der Waals surface area contributed by atoms with Crippen molar-refractivity contribution in [1.29, 1.82) is 0 Å². The molecular weight excluding hydrogens is 321 g/mol. The van der Waals surface area contributed by atoms with E-state index in [0.29, 0.717) is 12.1 Å². The molecule has 0 spiro atoms. The molecule has 1 aliphatic rings. The summed E-state index contributed by atoms with van der Waals surface area (Å²) in [5, 5.41) is 6.80. The monoisotopic (exact) mass is 337 g/mol. The van der Waals surface area contributed by atoms with Gasteiger partial charge in [-0.15, -0.1) is 0 Å². The molecule has 0 bridgehead atoms. The summed E-state index contributed by atoms with van der Waals surface area (Å²) in [6, 6.07) is 6.93. The molecule has 1 atom stereocenters. The lowest BCUT2D eigenvalue weighted by Crippen LogP contribution is -2.16. The Kier molecular flexibility index (Phi) is 3.93. The second-order valence-corrected chi connectivity index (χ2v) is 7.87. The lowest BCUT2D eigenvalue weighted by molar-refractivity contribution is 0.102. The Morgan fingerprint density at radius 2 is 2.17 bits per heavy atom. The van der Waals surface area contributed by atoms with Crippen LogP contribution in [0.2, 0.25) is 0 Å². The SMILES string of the molecule is Cc1cc(C(=O)Nc2cccc(F)c2)nn1C1CCS(=O)(=O)C1. The Morgan fingerprint density at radius 3 is 2.83 bits per heavy atom. The smallest absolute Gasteiger partial charge is 0.276 e. The number of halogens is 1. The van der Waals surface area contributed by atoms with Crippen LogP contribution in [0, 0.1) is 12.7 Å². The van der Waals surface area contributed by atoms with Gasteiger partial charge in [0.2, 0.25) is 0 Å². The van der Waals surface area contributed by atoms with Gasteiger partial charge in [-0.05, 0) is 37.6 Å². The third-order valence-electron chi connectivity index (χ3n) is 3.79. The number of amides is 1. The number of carbonyl (C=O) groups is 1. The van der Waals surface area contributed by atoms with E-state index >= 15 is 0 Å². The van der Waals surface area contributed by atoms with Gasteiger partial charge in [0.15, 0.2) is 15.5 Å². The van der Waals surface area contributed by atoms with E-state index in [0.717, 1.165) is 5.69 Å². The first-order valence-corrected chi connectivity index (χ1v) is 9.00. The molecule has 1 aromatic heterocycles. The van der Waals surface area contributed by atoms with Crippen molar-refractivity contribution in [1.82, 2.24) is 9.78 Å². The molecule has 1 fully saturated rings. The fourth-order valence-electron chi connectivity index (χ4n) is 2.70. The first-order valence-electron chi connectivity index (χ1n) is 7.17. The number of rotatable bonds is 3. The van der Waals surface area contributed by atoms with E-state index in [1.807, 2.05) is 0 Å². The Morgan fingerprint density at radius 1 is 1.39 bits per heavy atom. The highest BCUT2D eigenvalue weighted by Crippen LogP contribution is 2.25. The normalized spacial score (nSPS) is 19.7. The lowest BCUT2D eigenvalue weighted by atomic mass is 10.2. The van der Waals surface area contributed by atoms with Crippen LogP contribution in [0.15, 0.2) is 30.3 Å². The molecule has 0 saturated carbocycles. The molecule has 1 unspecified atom stereocenters. The second-order valence-electron chi connectivity index (χ2n) is 5.64. The molecular formula is C15H16FN3O3S. The second kappa shape index (κ2) is 5.77. The number of sulfone groups is 1. The maximum absolute atomic E-state index is 13.1. The highest BCUT2D eigenvalue weighted by atomic mass is 32.2. The Bertz CT molecular complexity index is 861. The van der Waals surface area contributed by atoms with E-state index in [1.165, 1.54) is 18.2 Å². The molecule has 0 radical (unpaired) electrons. The van der Waals surface area contributed by atoms with E-state index in [1.54, 1.807) is 23.7 Å².